The van der Waals surface area contributed by atoms with Crippen LogP contribution in [0.1, 0.15) is 9.67 Å². The summed E-state index contributed by atoms with van der Waals surface area (Å²) in [6.45, 7) is 0. The van der Waals surface area contributed by atoms with Crippen molar-refractivity contribution in [2.24, 2.45) is 0 Å². The summed E-state index contributed by atoms with van der Waals surface area (Å²) in [6, 6.07) is 11.4. The number of thiophene rings is 1. The summed E-state index contributed by atoms with van der Waals surface area (Å²) >= 11 is 13.2. The van der Waals surface area contributed by atoms with E-state index in [2.05, 4.69) is 5.32 Å². The van der Waals surface area contributed by atoms with E-state index in [1.54, 1.807) is 0 Å². The van der Waals surface area contributed by atoms with E-state index in [4.69, 9.17) is 23.2 Å². The number of nitro groups is 1. The van der Waals surface area contributed by atoms with E-state index in [0.29, 0.717) is 9.90 Å². The first-order valence-electron chi connectivity index (χ1n) is 6.39. The van der Waals surface area contributed by atoms with Crippen LogP contribution in [0.25, 0.3) is 10.1 Å². The van der Waals surface area contributed by atoms with Crippen LogP contribution in [0.2, 0.25) is 10.0 Å². The molecular weight excluding hydrogens is 359 g/mol. The normalized spacial score (nSPS) is 10.7. The van der Waals surface area contributed by atoms with Crippen molar-refractivity contribution in [2.45, 2.75) is 0 Å². The highest BCUT2D eigenvalue weighted by Gasteiger charge is 2.21. The molecule has 116 valence electrons. The molecule has 0 atom stereocenters. The van der Waals surface area contributed by atoms with Gasteiger partial charge in [0.05, 0.1) is 9.95 Å². The van der Waals surface area contributed by atoms with E-state index in [1.807, 2.05) is 24.3 Å². The molecule has 0 aliphatic carbocycles. The quantitative estimate of drug-likeness (QED) is 0.500. The molecule has 1 aromatic heterocycles. The zero-order valence-corrected chi connectivity index (χ0v) is 13.7. The minimum Gasteiger partial charge on any atom is -0.315 e. The van der Waals surface area contributed by atoms with Crippen LogP contribution in [0.5, 0.6) is 0 Å². The summed E-state index contributed by atoms with van der Waals surface area (Å²) in [4.78, 5) is 23.2. The Bertz CT molecular complexity index is 940. The lowest BCUT2D eigenvalue weighted by atomic mass is 10.2. The first-order valence-corrected chi connectivity index (χ1v) is 7.97. The summed E-state index contributed by atoms with van der Waals surface area (Å²) in [6.07, 6.45) is 0. The maximum Gasteiger partial charge on any atom is 0.294 e. The van der Waals surface area contributed by atoms with Crippen LogP contribution in [0.3, 0.4) is 0 Å². The van der Waals surface area contributed by atoms with E-state index < -0.39 is 10.8 Å². The minimum atomic E-state index is -0.603. The van der Waals surface area contributed by atoms with Crippen LogP contribution >= 0.6 is 34.5 Å². The van der Waals surface area contributed by atoms with Crippen LogP contribution in [0.4, 0.5) is 11.4 Å². The third-order valence-electron chi connectivity index (χ3n) is 3.15. The molecule has 3 aromatic rings. The van der Waals surface area contributed by atoms with Gasteiger partial charge in [0, 0.05) is 21.2 Å². The molecule has 23 heavy (non-hydrogen) atoms. The highest BCUT2D eigenvalue weighted by Crippen LogP contribution is 2.36. The summed E-state index contributed by atoms with van der Waals surface area (Å²) in [7, 11) is 0. The van der Waals surface area contributed by atoms with Gasteiger partial charge < -0.3 is 5.32 Å². The fourth-order valence-corrected chi connectivity index (χ4v) is 3.68. The molecule has 1 heterocycles. The number of hydrogen-bond acceptors (Lipinski definition) is 4. The Morgan fingerprint density at radius 3 is 2.61 bits per heavy atom. The van der Waals surface area contributed by atoms with Crippen LogP contribution < -0.4 is 5.32 Å². The SMILES string of the molecule is O=C(Nc1ccc(Cl)cc1[N+](=O)[O-])c1sc2ccccc2c1Cl. The van der Waals surface area contributed by atoms with Gasteiger partial charge in [0.25, 0.3) is 11.6 Å². The molecule has 0 radical (unpaired) electrons. The Morgan fingerprint density at radius 2 is 1.91 bits per heavy atom. The minimum absolute atomic E-state index is 0.0675. The summed E-state index contributed by atoms with van der Waals surface area (Å²) in [5.74, 6) is -0.498. The van der Waals surface area contributed by atoms with Gasteiger partial charge in [0.15, 0.2) is 0 Å². The monoisotopic (exact) mass is 366 g/mol. The van der Waals surface area contributed by atoms with E-state index >= 15 is 0 Å². The zero-order chi connectivity index (χ0) is 16.6. The maximum absolute atomic E-state index is 12.4. The molecule has 0 aliphatic rings. The van der Waals surface area contributed by atoms with Crippen LogP contribution in [0, 0.1) is 10.1 Å². The van der Waals surface area contributed by atoms with Crippen LogP contribution in [-0.4, -0.2) is 10.8 Å². The number of halogens is 2. The van der Waals surface area contributed by atoms with Gasteiger partial charge in [-0.3, -0.25) is 14.9 Å². The predicted octanol–water partition coefficient (Wildman–Crippen LogP) is 5.37. The standard InChI is InChI=1S/C15H8Cl2N2O3S/c16-8-5-6-10(11(7-8)19(21)22)18-15(20)14-13(17)9-3-1-2-4-12(9)23-14/h1-7H,(H,18,20). The van der Waals surface area contributed by atoms with E-state index in [0.717, 1.165) is 10.1 Å². The number of nitrogens with zero attached hydrogens (tertiary/aromatic N) is 1. The Hall–Kier alpha value is -2.15. The van der Waals surface area contributed by atoms with Gasteiger partial charge in [-0.25, -0.2) is 0 Å². The van der Waals surface area contributed by atoms with E-state index in [1.165, 1.54) is 29.5 Å². The number of benzene rings is 2. The Balaban J connectivity index is 1.98. The molecule has 0 bridgehead atoms. The second-order valence-corrected chi connectivity index (χ2v) is 6.48. The summed E-state index contributed by atoms with van der Waals surface area (Å²) in [5, 5.41) is 14.9. The molecule has 0 saturated heterocycles. The molecule has 5 nitrogen and oxygen atoms in total. The first-order chi connectivity index (χ1) is 11.0. The fraction of sp³-hybridized carbons (Fsp3) is 0. The molecule has 0 aliphatic heterocycles. The molecule has 0 saturated carbocycles. The Morgan fingerprint density at radius 1 is 1.17 bits per heavy atom. The van der Waals surface area contributed by atoms with Crippen LogP contribution in [-0.2, 0) is 0 Å². The van der Waals surface area contributed by atoms with Gasteiger partial charge in [0.1, 0.15) is 10.6 Å². The summed E-state index contributed by atoms with van der Waals surface area (Å²) < 4.78 is 0.869. The number of nitro benzene ring substituents is 1. The van der Waals surface area contributed by atoms with Crippen molar-refractivity contribution in [3.05, 3.63) is 67.5 Å². The molecule has 0 spiro atoms. The van der Waals surface area contributed by atoms with E-state index in [-0.39, 0.29) is 16.4 Å². The number of anilines is 1. The average Bonchev–Trinajstić information content (AvgIpc) is 2.86. The van der Waals surface area contributed by atoms with Gasteiger partial charge in [-0.2, -0.15) is 0 Å². The number of carbonyl (C=O) groups is 1. The molecular formula is C15H8Cl2N2O3S. The lowest BCUT2D eigenvalue weighted by Crippen LogP contribution is -2.12. The van der Waals surface area contributed by atoms with Gasteiger partial charge in [-0.15, -0.1) is 11.3 Å². The summed E-state index contributed by atoms with van der Waals surface area (Å²) in [5.41, 5.74) is -0.207. The van der Waals surface area contributed by atoms with Crippen molar-refractivity contribution >= 4 is 61.9 Å². The molecule has 0 fully saturated rings. The smallest absolute Gasteiger partial charge is 0.294 e. The van der Waals surface area contributed by atoms with Crippen LogP contribution in [0.15, 0.2) is 42.5 Å². The number of nitrogens with one attached hydrogen (secondary N) is 1. The second-order valence-electron chi connectivity index (χ2n) is 4.61. The predicted molar refractivity (Wildman–Crippen MR) is 92.9 cm³/mol. The van der Waals surface area contributed by atoms with Crippen molar-refractivity contribution in [1.29, 1.82) is 0 Å². The van der Waals surface area contributed by atoms with Crippen molar-refractivity contribution < 1.29 is 9.72 Å². The number of rotatable bonds is 3. The molecule has 0 unspecified atom stereocenters. The number of fused-ring (bicyclic) bond motifs is 1. The lowest BCUT2D eigenvalue weighted by molar-refractivity contribution is -0.383. The fourth-order valence-electron chi connectivity index (χ4n) is 2.10. The average molecular weight is 367 g/mol. The number of hydrogen-bond donors (Lipinski definition) is 1. The van der Waals surface area contributed by atoms with E-state index in [9.17, 15) is 14.9 Å². The maximum atomic E-state index is 12.4. The second kappa shape index (κ2) is 6.16. The van der Waals surface area contributed by atoms with Gasteiger partial charge in [0.2, 0.25) is 0 Å². The number of carbonyl (C=O) groups excluding carboxylic acids is 1. The highest BCUT2D eigenvalue weighted by molar-refractivity contribution is 7.21. The number of amides is 1. The molecule has 3 rings (SSSR count). The molecule has 8 heteroatoms. The van der Waals surface area contributed by atoms with Crippen molar-refractivity contribution in [3.8, 4) is 0 Å². The zero-order valence-electron chi connectivity index (χ0n) is 11.4. The lowest BCUT2D eigenvalue weighted by Gasteiger charge is -2.05. The van der Waals surface area contributed by atoms with Gasteiger partial charge in [-0.1, -0.05) is 41.4 Å². The topological polar surface area (TPSA) is 72.2 Å². The first kappa shape index (κ1) is 15.7. The van der Waals surface area contributed by atoms with Gasteiger partial charge >= 0.3 is 0 Å². The largest absolute Gasteiger partial charge is 0.315 e. The van der Waals surface area contributed by atoms with Crippen molar-refractivity contribution in [3.63, 3.8) is 0 Å². The Labute approximate surface area is 144 Å². The molecule has 2 aromatic carbocycles. The molecule has 1 N–H and O–H groups in total. The van der Waals surface area contributed by atoms with Crippen molar-refractivity contribution in [1.82, 2.24) is 0 Å². The molecule has 1 amide bonds. The Kier molecular flexibility index (Phi) is 4.21. The van der Waals surface area contributed by atoms with Crippen molar-refractivity contribution in [2.75, 3.05) is 5.32 Å². The highest BCUT2D eigenvalue weighted by atomic mass is 35.5. The third-order valence-corrected chi connectivity index (χ3v) is 5.06. The third kappa shape index (κ3) is 3.01. The van der Waals surface area contributed by atoms with Gasteiger partial charge in [-0.05, 0) is 18.2 Å².